The fourth-order valence-corrected chi connectivity index (χ4v) is 4.59. The van der Waals surface area contributed by atoms with Crippen molar-refractivity contribution in [3.8, 4) is 16.9 Å². The first kappa shape index (κ1) is 22.8. The highest BCUT2D eigenvalue weighted by molar-refractivity contribution is 9.10. The molecular weight excluding hydrogens is 504 g/mol. The molecule has 0 aliphatic carbocycles. The highest BCUT2D eigenvalue weighted by Gasteiger charge is 2.27. The van der Waals surface area contributed by atoms with E-state index in [2.05, 4.69) is 15.9 Å². The molecule has 1 aromatic heterocycles. The van der Waals surface area contributed by atoms with Gasteiger partial charge < -0.3 is 9.52 Å². The minimum absolute atomic E-state index is 0.0122. The van der Waals surface area contributed by atoms with Gasteiger partial charge in [-0.15, -0.1) is 0 Å². The second-order valence-corrected chi connectivity index (χ2v) is 9.24. The molecule has 172 valence electrons. The lowest BCUT2D eigenvalue weighted by Gasteiger charge is -2.18. The SMILES string of the molecule is O=C(CC(c1ccccc1)c1c(O)c2ccccc2oc1=O)c1ccc(-c2ccc(Br)cc2)cc1. The average molecular weight is 525 g/mol. The first-order valence-electron chi connectivity index (χ1n) is 11.2. The molecule has 1 heterocycles. The fourth-order valence-electron chi connectivity index (χ4n) is 4.32. The van der Waals surface area contributed by atoms with E-state index in [9.17, 15) is 14.7 Å². The molecule has 0 aliphatic heterocycles. The lowest BCUT2D eigenvalue weighted by atomic mass is 9.85. The quantitative estimate of drug-likeness (QED) is 0.186. The summed E-state index contributed by atoms with van der Waals surface area (Å²) in [4.78, 5) is 26.3. The van der Waals surface area contributed by atoms with Gasteiger partial charge in [-0.25, -0.2) is 4.79 Å². The molecule has 5 rings (SSSR count). The van der Waals surface area contributed by atoms with Gasteiger partial charge in [0.15, 0.2) is 5.78 Å². The Balaban J connectivity index is 1.51. The van der Waals surface area contributed by atoms with Crippen LogP contribution < -0.4 is 5.63 Å². The molecule has 0 fully saturated rings. The maximum Gasteiger partial charge on any atom is 0.343 e. The van der Waals surface area contributed by atoms with E-state index in [1.165, 1.54) is 0 Å². The van der Waals surface area contributed by atoms with E-state index in [1.54, 1.807) is 36.4 Å². The topological polar surface area (TPSA) is 67.5 Å². The summed E-state index contributed by atoms with van der Waals surface area (Å²) in [5.41, 5.74) is 3.10. The zero-order valence-corrected chi connectivity index (χ0v) is 20.2. The van der Waals surface area contributed by atoms with E-state index in [-0.39, 0.29) is 23.5 Å². The van der Waals surface area contributed by atoms with E-state index in [1.807, 2.05) is 66.7 Å². The van der Waals surface area contributed by atoms with E-state index >= 15 is 0 Å². The van der Waals surface area contributed by atoms with Crippen molar-refractivity contribution in [2.24, 2.45) is 0 Å². The van der Waals surface area contributed by atoms with Gasteiger partial charge in [0.05, 0.1) is 10.9 Å². The Kier molecular flexibility index (Phi) is 6.34. The molecule has 35 heavy (non-hydrogen) atoms. The van der Waals surface area contributed by atoms with Gasteiger partial charge in [0.2, 0.25) is 0 Å². The molecule has 0 amide bonds. The van der Waals surface area contributed by atoms with Crippen LogP contribution in [-0.2, 0) is 0 Å². The number of halogens is 1. The van der Waals surface area contributed by atoms with Gasteiger partial charge in [0.1, 0.15) is 11.3 Å². The molecule has 4 aromatic carbocycles. The zero-order chi connectivity index (χ0) is 24.4. The zero-order valence-electron chi connectivity index (χ0n) is 18.6. The van der Waals surface area contributed by atoms with Crippen molar-refractivity contribution in [3.63, 3.8) is 0 Å². The Bertz CT molecular complexity index is 1550. The van der Waals surface area contributed by atoms with Crippen molar-refractivity contribution in [2.75, 3.05) is 0 Å². The molecule has 1 unspecified atom stereocenters. The smallest absolute Gasteiger partial charge is 0.343 e. The van der Waals surface area contributed by atoms with E-state index in [0.29, 0.717) is 16.5 Å². The molecule has 0 aliphatic rings. The first-order valence-corrected chi connectivity index (χ1v) is 12.0. The molecule has 5 aromatic rings. The third-order valence-corrected chi connectivity index (χ3v) is 6.67. The van der Waals surface area contributed by atoms with Crippen LogP contribution in [-0.4, -0.2) is 10.9 Å². The van der Waals surface area contributed by atoms with Crippen LogP contribution in [0.25, 0.3) is 22.1 Å². The molecule has 0 radical (unpaired) electrons. The molecule has 0 saturated heterocycles. The number of fused-ring (bicyclic) bond motifs is 1. The van der Waals surface area contributed by atoms with Crippen molar-refractivity contribution in [2.45, 2.75) is 12.3 Å². The summed E-state index contributed by atoms with van der Waals surface area (Å²) in [5, 5.41) is 11.5. The Labute approximate surface area is 210 Å². The lowest BCUT2D eigenvalue weighted by Crippen LogP contribution is -2.17. The van der Waals surface area contributed by atoms with Crippen LogP contribution in [0.5, 0.6) is 5.75 Å². The Morgan fingerprint density at radius 3 is 2.09 bits per heavy atom. The highest BCUT2D eigenvalue weighted by Crippen LogP contribution is 2.36. The first-order chi connectivity index (χ1) is 17.0. The maximum absolute atomic E-state index is 13.4. The number of rotatable bonds is 6. The average Bonchev–Trinajstić information content (AvgIpc) is 2.89. The molecule has 5 heteroatoms. The summed E-state index contributed by atoms with van der Waals surface area (Å²) in [6, 6.07) is 31.5. The summed E-state index contributed by atoms with van der Waals surface area (Å²) in [6.45, 7) is 0. The van der Waals surface area contributed by atoms with Gasteiger partial charge in [0.25, 0.3) is 0 Å². The molecule has 4 nitrogen and oxygen atoms in total. The third kappa shape index (κ3) is 4.68. The standard InChI is InChI=1S/C30H21BrO4/c31-23-16-14-20(15-17-23)19-10-12-22(13-11-19)26(32)18-25(21-6-2-1-3-7-21)28-29(33)24-8-4-5-9-27(24)35-30(28)34/h1-17,25,33H,18H2. The van der Waals surface area contributed by atoms with Crippen molar-refractivity contribution in [1.82, 2.24) is 0 Å². The van der Waals surface area contributed by atoms with Crippen LogP contribution >= 0.6 is 15.9 Å². The third-order valence-electron chi connectivity index (χ3n) is 6.14. The van der Waals surface area contributed by atoms with Gasteiger partial charge in [-0.3, -0.25) is 4.79 Å². The van der Waals surface area contributed by atoms with Crippen LogP contribution in [0.4, 0.5) is 0 Å². The molecular formula is C30H21BrO4. The monoisotopic (exact) mass is 524 g/mol. The number of hydrogen-bond donors (Lipinski definition) is 1. The normalized spacial score (nSPS) is 11.9. The van der Waals surface area contributed by atoms with Crippen molar-refractivity contribution < 1.29 is 14.3 Å². The van der Waals surface area contributed by atoms with Gasteiger partial charge in [0, 0.05) is 22.4 Å². The van der Waals surface area contributed by atoms with Crippen LogP contribution in [0.2, 0.25) is 0 Å². The molecule has 0 saturated carbocycles. The van der Waals surface area contributed by atoms with E-state index in [4.69, 9.17) is 4.42 Å². The largest absolute Gasteiger partial charge is 0.507 e. The van der Waals surface area contributed by atoms with Crippen molar-refractivity contribution in [1.29, 1.82) is 0 Å². The number of carbonyl (C=O) groups is 1. The number of benzene rings is 4. The predicted octanol–water partition coefficient (Wildman–Crippen LogP) is 7.33. The summed E-state index contributed by atoms with van der Waals surface area (Å²) < 4.78 is 6.51. The number of ketones is 1. The summed E-state index contributed by atoms with van der Waals surface area (Å²) in [5.74, 6) is -0.937. The van der Waals surface area contributed by atoms with Crippen LogP contribution in [0.15, 0.2) is 117 Å². The van der Waals surface area contributed by atoms with Crippen LogP contribution in [0.3, 0.4) is 0 Å². The van der Waals surface area contributed by atoms with Crippen molar-refractivity contribution >= 4 is 32.7 Å². The highest BCUT2D eigenvalue weighted by atomic mass is 79.9. The Morgan fingerprint density at radius 1 is 0.800 bits per heavy atom. The second kappa shape index (κ2) is 9.72. The molecule has 0 spiro atoms. The van der Waals surface area contributed by atoms with E-state index < -0.39 is 11.5 Å². The Morgan fingerprint density at radius 2 is 1.40 bits per heavy atom. The van der Waals surface area contributed by atoms with Crippen LogP contribution in [0.1, 0.15) is 33.8 Å². The number of carbonyl (C=O) groups excluding carboxylic acids is 1. The van der Waals surface area contributed by atoms with Gasteiger partial charge in [-0.2, -0.15) is 0 Å². The maximum atomic E-state index is 13.4. The summed E-state index contributed by atoms with van der Waals surface area (Å²) in [6.07, 6.45) is 0.0122. The minimum Gasteiger partial charge on any atom is -0.507 e. The molecule has 1 atom stereocenters. The van der Waals surface area contributed by atoms with Gasteiger partial charge in [-0.1, -0.05) is 94.8 Å². The summed E-state index contributed by atoms with van der Waals surface area (Å²) >= 11 is 3.44. The number of para-hydroxylation sites is 1. The minimum atomic E-state index is -0.657. The van der Waals surface area contributed by atoms with Gasteiger partial charge >= 0.3 is 5.63 Å². The Hall–Kier alpha value is -3.96. The molecule has 1 N–H and O–H groups in total. The van der Waals surface area contributed by atoms with Crippen LogP contribution in [0, 0.1) is 0 Å². The second-order valence-electron chi connectivity index (χ2n) is 8.32. The predicted molar refractivity (Wildman–Crippen MR) is 141 cm³/mol. The number of hydrogen-bond acceptors (Lipinski definition) is 4. The fraction of sp³-hybridized carbons (Fsp3) is 0.0667. The molecule has 0 bridgehead atoms. The number of aromatic hydroxyl groups is 1. The van der Waals surface area contributed by atoms with Gasteiger partial charge in [-0.05, 0) is 41.0 Å². The van der Waals surface area contributed by atoms with E-state index in [0.717, 1.165) is 21.2 Å². The number of Topliss-reactive ketones (excluding diaryl/α,β-unsaturated/α-hetero) is 1. The summed E-state index contributed by atoms with van der Waals surface area (Å²) in [7, 11) is 0. The lowest BCUT2D eigenvalue weighted by molar-refractivity contribution is 0.0977. The van der Waals surface area contributed by atoms with Crippen molar-refractivity contribution in [3.05, 3.63) is 135 Å².